The second-order valence-corrected chi connectivity index (χ2v) is 4.71. The van der Waals surface area contributed by atoms with Crippen molar-refractivity contribution in [2.75, 3.05) is 26.8 Å². The molecule has 21 heavy (non-hydrogen) atoms. The summed E-state index contributed by atoms with van der Waals surface area (Å²) in [4.78, 5) is 4.49. The summed E-state index contributed by atoms with van der Waals surface area (Å²) in [5, 5.41) is 6.61. The van der Waals surface area contributed by atoms with Crippen LogP contribution in [0.15, 0.2) is 29.3 Å². The molecule has 0 saturated heterocycles. The van der Waals surface area contributed by atoms with Crippen molar-refractivity contribution in [2.45, 2.75) is 25.8 Å². The number of ether oxygens (including phenoxy) is 2. The van der Waals surface area contributed by atoms with Crippen LogP contribution in [0.1, 0.15) is 19.8 Å². The molecule has 2 rings (SSSR count). The molecule has 0 radical (unpaired) electrons. The standard InChI is InChI=1S/C15H23N3O2.HI/c1-3-16-15(18-12-7-8-12)17-9-10-20-14-6-4-5-13(11-14)19-2;/h4-6,11-12H,3,7-10H2,1-2H3,(H2,16,17,18);1H. The van der Waals surface area contributed by atoms with Crippen molar-refractivity contribution in [1.29, 1.82) is 0 Å². The Morgan fingerprint density at radius 1 is 1.33 bits per heavy atom. The van der Waals surface area contributed by atoms with Crippen LogP contribution < -0.4 is 20.1 Å². The van der Waals surface area contributed by atoms with Crippen molar-refractivity contribution in [3.63, 3.8) is 0 Å². The van der Waals surface area contributed by atoms with Crippen LogP contribution in [0.5, 0.6) is 11.5 Å². The summed E-state index contributed by atoms with van der Waals surface area (Å²) in [6.07, 6.45) is 2.48. The van der Waals surface area contributed by atoms with Crippen LogP contribution >= 0.6 is 24.0 Å². The average Bonchev–Trinajstić information content (AvgIpc) is 3.28. The van der Waals surface area contributed by atoms with Gasteiger partial charge in [-0.1, -0.05) is 6.07 Å². The molecular formula is C15H24IN3O2. The van der Waals surface area contributed by atoms with Crippen LogP contribution in [0.2, 0.25) is 0 Å². The third-order valence-corrected chi connectivity index (χ3v) is 2.93. The first-order chi connectivity index (χ1) is 9.81. The van der Waals surface area contributed by atoms with E-state index in [0.717, 1.165) is 24.0 Å². The maximum Gasteiger partial charge on any atom is 0.191 e. The molecule has 0 aromatic heterocycles. The van der Waals surface area contributed by atoms with Crippen LogP contribution in [0.3, 0.4) is 0 Å². The lowest BCUT2D eigenvalue weighted by Crippen LogP contribution is -2.38. The number of nitrogens with zero attached hydrogens (tertiary/aromatic N) is 1. The minimum absolute atomic E-state index is 0. The monoisotopic (exact) mass is 405 g/mol. The average molecular weight is 405 g/mol. The van der Waals surface area contributed by atoms with Gasteiger partial charge in [0.05, 0.1) is 13.7 Å². The Kier molecular flexibility index (Phi) is 8.26. The lowest BCUT2D eigenvalue weighted by atomic mass is 10.3. The van der Waals surface area contributed by atoms with Crippen LogP contribution in [0.4, 0.5) is 0 Å². The van der Waals surface area contributed by atoms with Gasteiger partial charge in [-0.15, -0.1) is 24.0 Å². The molecule has 0 atom stereocenters. The number of guanidine groups is 1. The SMILES string of the molecule is CCNC(=NCCOc1cccc(OC)c1)NC1CC1.I. The van der Waals surface area contributed by atoms with Gasteiger partial charge in [-0.25, -0.2) is 4.99 Å². The third-order valence-electron chi connectivity index (χ3n) is 2.93. The number of methoxy groups -OCH3 is 1. The normalized spacial score (nSPS) is 14.1. The molecule has 0 unspecified atom stereocenters. The molecule has 0 amide bonds. The molecule has 1 saturated carbocycles. The van der Waals surface area contributed by atoms with Gasteiger partial charge in [0.2, 0.25) is 0 Å². The quantitative estimate of drug-likeness (QED) is 0.317. The van der Waals surface area contributed by atoms with Crippen molar-refractivity contribution >= 4 is 29.9 Å². The molecule has 6 heteroatoms. The summed E-state index contributed by atoms with van der Waals surface area (Å²) in [7, 11) is 1.65. The molecule has 1 fully saturated rings. The molecular weight excluding hydrogens is 381 g/mol. The van der Waals surface area contributed by atoms with Crippen LogP contribution in [0, 0.1) is 0 Å². The maximum absolute atomic E-state index is 5.65. The predicted octanol–water partition coefficient (Wildman–Crippen LogP) is 2.41. The fourth-order valence-electron chi connectivity index (χ4n) is 1.75. The largest absolute Gasteiger partial charge is 0.497 e. The van der Waals surface area contributed by atoms with E-state index in [2.05, 4.69) is 22.5 Å². The van der Waals surface area contributed by atoms with Gasteiger partial charge in [0, 0.05) is 18.7 Å². The van der Waals surface area contributed by atoms with Gasteiger partial charge in [-0.3, -0.25) is 0 Å². The van der Waals surface area contributed by atoms with E-state index in [1.807, 2.05) is 24.3 Å². The van der Waals surface area contributed by atoms with Gasteiger partial charge < -0.3 is 20.1 Å². The fraction of sp³-hybridized carbons (Fsp3) is 0.533. The summed E-state index contributed by atoms with van der Waals surface area (Å²) >= 11 is 0. The second kappa shape index (κ2) is 9.70. The lowest BCUT2D eigenvalue weighted by Gasteiger charge is -2.10. The van der Waals surface area contributed by atoms with E-state index in [1.54, 1.807) is 7.11 Å². The maximum atomic E-state index is 5.65. The van der Waals surface area contributed by atoms with Crippen LogP contribution in [0.25, 0.3) is 0 Å². The zero-order chi connectivity index (χ0) is 14.2. The smallest absolute Gasteiger partial charge is 0.191 e. The number of rotatable bonds is 7. The molecule has 5 nitrogen and oxygen atoms in total. The number of halogens is 1. The molecule has 1 aromatic rings. The van der Waals surface area contributed by atoms with Crippen molar-refractivity contribution in [3.8, 4) is 11.5 Å². The molecule has 0 heterocycles. The highest BCUT2D eigenvalue weighted by Crippen LogP contribution is 2.19. The van der Waals surface area contributed by atoms with Crippen molar-refractivity contribution in [2.24, 2.45) is 4.99 Å². The first-order valence-electron chi connectivity index (χ1n) is 7.13. The number of hydrogen-bond acceptors (Lipinski definition) is 3. The first-order valence-corrected chi connectivity index (χ1v) is 7.13. The summed E-state index contributed by atoms with van der Waals surface area (Å²) in [6.45, 7) is 4.11. The number of hydrogen-bond donors (Lipinski definition) is 2. The molecule has 0 aliphatic heterocycles. The number of nitrogens with one attached hydrogen (secondary N) is 2. The molecule has 1 aliphatic carbocycles. The zero-order valence-corrected chi connectivity index (χ0v) is 14.9. The molecule has 118 valence electrons. The van der Waals surface area contributed by atoms with Crippen molar-refractivity contribution in [1.82, 2.24) is 10.6 Å². The Hall–Kier alpha value is -1.18. The molecule has 2 N–H and O–H groups in total. The predicted molar refractivity (Wildman–Crippen MR) is 96.0 cm³/mol. The third kappa shape index (κ3) is 6.88. The van der Waals surface area contributed by atoms with E-state index in [0.29, 0.717) is 19.2 Å². The minimum atomic E-state index is 0. The fourth-order valence-corrected chi connectivity index (χ4v) is 1.75. The van der Waals surface area contributed by atoms with Gasteiger partial charge in [-0.2, -0.15) is 0 Å². The van der Waals surface area contributed by atoms with E-state index < -0.39 is 0 Å². The summed E-state index contributed by atoms with van der Waals surface area (Å²) in [6, 6.07) is 8.20. The van der Waals surface area contributed by atoms with Gasteiger partial charge in [0.1, 0.15) is 18.1 Å². The van der Waals surface area contributed by atoms with Gasteiger partial charge >= 0.3 is 0 Å². The van der Waals surface area contributed by atoms with Crippen LogP contribution in [-0.4, -0.2) is 38.8 Å². The molecule has 0 bridgehead atoms. The Balaban J connectivity index is 0.00000220. The first kappa shape index (κ1) is 17.9. The van der Waals surface area contributed by atoms with Gasteiger partial charge in [-0.05, 0) is 31.9 Å². The van der Waals surface area contributed by atoms with Gasteiger partial charge in [0.25, 0.3) is 0 Å². The Labute approximate surface area is 143 Å². The number of benzene rings is 1. The van der Waals surface area contributed by atoms with Crippen molar-refractivity contribution in [3.05, 3.63) is 24.3 Å². The summed E-state index contributed by atoms with van der Waals surface area (Å²) in [5.74, 6) is 2.48. The Morgan fingerprint density at radius 2 is 2.10 bits per heavy atom. The zero-order valence-electron chi connectivity index (χ0n) is 12.6. The van der Waals surface area contributed by atoms with E-state index in [-0.39, 0.29) is 24.0 Å². The Bertz CT molecular complexity index is 450. The van der Waals surface area contributed by atoms with E-state index >= 15 is 0 Å². The second-order valence-electron chi connectivity index (χ2n) is 4.71. The highest BCUT2D eigenvalue weighted by Gasteiger charge is 2.21. The molecule has 0 spiro atoms. The number of aliphatic imine (C=N–C) groups is 1. The van der Waals surface area contributed by atoms with Crippen molar-refractivity contribution < 1.29 is 9.47 Å². The Morgan fingerprint density at radius 3 is 2.76 bits per heavy atom. The summed E-state index contributed by atoms with van der Waals surface area (Å²) in [5.41, 5.74) is 0. The minimum Gasteiger partial charge on any atom is -0.497 e. The lowest BCUT2D eigenvalue weighted by molar-refractivity contribution is 0.325. The molecule has 1 aliphatic rings. The molecule has 1 aromatic carbocycles. The summed E-state index contributed by atoms with van der Waals surface area (Å²) < 4.78 is 10.8. The van der Waals surface area contributed by atoms with Gasteiger partial charge in [0.15, 0.2) is 5.96 Å². The topological polar surface area (TPSA) is 54.9 Å². The van der Waals surface area contributed by atoms with E-state index in [4.69, 9.17) is 9.47 Å². The van der Waals surface area contributed by atoms with E-state index in [1.165, 1.54) is 12.8 Å². The van der Waals surface area contributed by atoms with E-state index in [9.17, 15) is 0 Å². The van der Waals surface area contributed by atoms with Crippen LogP contribution in [-0.2, 0) is 0 Å². The highest BCUT2D eigenvalue weighted by molar-refractivity contribution is 14.0. The highest BCUT2D eigenvalue weighted by atomic mass is 127.